The molecule has 0 aliphatic rings. The summed E-state index contributed by atoms with van der Waals surface area (Å²) >= 11 is 0. The van der Waals surface area contributed by atoms with E-state index < -0.39 is 0 Å². The van der Waals surface area contributed by atoms with Gasteiger partial charge in [0.2, 0.25) is 5.82 Å². The predicted octanol–water partition coefficient (Wildman–Crippen LogP) is -0.135. The van der Waals surface area contributed by atoms with Crippen LogP contribution in [0, 0.1) is 0 Å². The van der Waals surface area contributed by atoms with E-state index in [2.05, 4.69) is 25.1 Å². The van der Waals surface area contributed by atoms with Gasteiger partial charge in [0.1, 0.15) is 6.26 Å². The van der Waals surface area contributed by atoms with E-state index in [-0.39, 0.29) is 0 Å². The number of hydrogen-bond donors (Lipinski definition) is 0. The van der Waals surface area contributed by atoms with Crippen molar-refractivity contribution in [3.05, 3.63) is 12.5 Å². The summed E-state index contributed by atoms with van der Waals surface area (Å²) < 4.78 is 4.61. The van der Waals surface area contributed by atoms with Gasteiger partial charge in [-0.3, -0.25) is 0 Å². The molecule has 0 atom stereocenters. The fraction of sp³-hybridized carbons (Fsp3) is 0.200. The van der Waals surface area contributed by atoms with Crippen LogP contribution in [0.4, 0.5) is 0 Å². The molecule has 2 aromatic rings. The van der Waals surface area contributed by atoms with Gasteiger partial charge in [-0.05, 0) is 5.21 Å². The molecule has 6 nitrogen and oxygen atoms in total. The minimum absolute atomic E-state index is 0.522. The largest absolute Gasteiger partial charge is 0.364 e. The highest BCUT2D eigenvalue weighted by Crippen LogP contribution is 2.10. The Morgan fingerprint density at radius 3 is 3.00 bits per heavy atom. The van der Waals surface area contributed by atoms with Crippen molar-refractivity contribution in [3.63, 3.8) is 0 Å². The van der Waals surface area contributed by atoms with Crippen LogP contribution in [0.1, 0.15) is 0 Å². The first-order chi connectivity index (χ1) is 5.36. The van der Waals surface area contributed by atoms with Gasteiger partial charge in [-0.2, -0.15) is 4.80 Å². The maximum atomic E-state index is 4.61. The SMILES string of the molecule is Cn1nnc(-c2cnoc2)n1. The summed E-state index contributed by atoms with van der Waals surface area (Å²) in [5.74, 6) is 0.522. The molecule has 0 aliphatic carbocycles. The van der Waals surface area contributed by atoms with Crippen molar-refractivity contribution in [2.75, 3.05) is 0 Å². The topological polar surface area (TPSA) is 69.6 Å². The number of tetrazole rings is 1. The van der Waals surface area contributed by atoms with E-state index in [1.54, 1.807) is 7.05 Å². The highest BCUT2D eigenvalue weighted by atomic mass is 16.5. The number of aryl methyl sites for hydroxylation is 1. The number of hydrogen-bond acceptors (Lipinski definition) is 5. The Hall–Kier alpha value is -1.72. The van der Waals surface area contributed by atoms with E-state index in [1.165, 1.54) is 17.3 Å². The third-order valence-electron chi connectivity index (χ3n) is 1.20. The van der Waals surface area contributed by atoms with Crippen LogP contribution < -0.4 is 0 Å². The Bertz CT molecular complexity index is 337. The Labute approximate surface area is 61.8 Å². The second-order valence-electron chi connectivity index (χ2n) is 2.02. The van der Waals surface area contributed by atoms with Crippen LogP contribution >= 0.6 is 0 Å². The smallest absolute Gasteiger partial charge is 0.209 e. The van der Waals surface area contributed by atoms with Crippen LogP contribution in [-0.2, 0) is 7.05 Å². The lowest BCUT2D eigenvalue weighted by Crippen LogP contribution is -1.91. The molecule has 0 aromatic carbocycles. The van der Waals surface area contributed by atoms with Gasteiger partial charge in [0, 0.05) is 0 Å². The molecule has 0 amide bonds. The first kappa shape index (κ1) is 6.02. The van der Waals surface area contributed by atoms with Crippen LogP contribution in [0.3, 0.4) is 0 Å². The van der Waals surface area contributed by atoms with E-state index in [9.17, 15) is 0 Å². The minimum Gasteiger partial charge on any atom is -0.364 e. The Balaban J connectivity index is 2.45. The van der Waals surface area contributed by atoms with Crippen molar-refractivity contribution < 1.29 is 4.52 Å². The molecule has 0 saturated carbocycles. The van der Waals surface area contributed by atoms with Crippen molar-refractivity contribution in [2.45, 2.75) is 0 Å². The first-order valence-corrected chi connectivity index (χ1v) is 3.00. The molecule has 6 heteroatoms. The summed E-state index contributed by atoms with van der Waals surface area (Å²) in [4.78, 5) is 1.38. The van der Waals surface area contributed by atoms with Gasteiger partial charge in [-0.25, -0.2) is 0 Å². The van der Waals surface area contributed by atoms with Crippen molar-refractivity contribution in [3.8, 4) is 11.4 Å². The molecular formula is C5H5N5O. The molecule has 11 heavy (non-hydrogen) atoms. The van der Waals surface area contributed by atoms with Gasteiger partial charge in [0.25, 0.3) is 0 Å². The molecule has 0 aliphatic heterocycles. The van der Waals surface area contributed by atoms with Gasteiger partial charge in [-0.15, -0.1) is 10.2 Å². The van der Waals surface area contributed by atoms with E-state index >= 15 is 0 Å². The molecule has 2 aromatic heterocycles. The second-order valence-corrected chi connectivity index (χ2v) is 2.02. The van der Waals surface area contributed by atoms with Gasteiger partial charge in [0.05, 0.1) is 18.8 Å². The molecular weight excluding hydrogens is 146 g/mol. The molecule has 0 N–H and O–H groups in total. The lowest BCUT2D eigenvalue weighted by atomic mass is 10.4. The van der Waals surface area contributed by atoms with Crippen molar-refractivity contribution in [2.24, 2.45) is 7.05 Å². The summed E-state index contributed by atoms with van der Waals surface area (Å²) in [6, 6.07) is 0. The molecule has 2 heterocycles. The minimum atomic E-state index is 0.522. The Morgan fingerprint density at radius 1 is 1.55 bits per heavy atom. The Kier molecular flexibility index (Phi) is 1.18. The quantitative estimate of drug-likeness (QED) is 0.567. The zero-order valence-corrected chi connectivity index (χ0v) is 5.80. The van der Waals surface area contributed by atoms with E-state index in [4.69, 9.17) is 0 Å². The molecule has 0 saturated heterocycles. The maximum Gasteiger partial charge on any atom is 0.209 e. The third-order valence-corrected chi connectivity index (χ3v) is 1.20. The number of nitrogens with zero attached hydrogens (tertiary/aromatic N) is 5. The number of rotatable bonds is 1. The van der Waals surface area contributed by atoms with Crippen LogP contribution in [0.15, 0.2) is 17.0 Å². The normalized spacial score (nSPS) is 10.3. The predicted molar refractivity (Wildman–Crippen MR) is 34.3 cm³/mol. The summed E-state index contributed by atoms with van der Waals surface area (Å²) in [6.45, 7) is 0. The summed E-state index contributed by atoms with van der Waals surface area (Å²) in [6.07, 6.45) is 3.01. The van der Waals surface area contributed by atoms with Gasteiger partial charge in [0.15, 0.2) is 0 Å². The average molecular weight is 151 g/mol. The van der Waals surface area contributed by atoms with E-state index in [0.717, 1.165) is 5.56 Å². The van der Waals surface area contributed by atoms with E-state index in [0.29, 0.717) is 5.82 Å². The van der Waals surface area contributed by atoms with Crippen molar-refractivity contribution in [1.29, 1.82) is 0 Å². The van der Waals surface area contributed by atoms with Crippen molar-refractivity contribution in [1.82, 2.24) is 25.4 Å². The fourth-order valence-corrected chi connectivity index (χ4v) is 0.715. The Morgan fingerprint density at radius 2 is 2.45 bits per heavy atom. The molecule has 0 bridgehead atoms. The standard InChI is InChI=1S/C5H5N5O/c1-10-8-5(7-9-10)4-2-6-11-3-4/h2-3H,1H3. The molecule has 0 spiro atoms. The fourth-order valence-electron chi connectivity index (χ4n) is 0.715. The summed E-state index contributed by atoms with van der Waals surface area (Å²) in [7, 11) is 1.70. The molecule has 2 rings (SSSR count). The lowest BCUT2D eigenvalue weighted by Gasteiger charge is -1.79. The van der Waals surface area contributed by atoms with Crippen LogP contribution in [-0.4, -0.2) is 25.4 Å². The summed E-state index contributed by atoms with van der Waals surface area (Å²) in [5, 5.41) is 14.9. The zero-order chi connectivity index (χ0) is 7.68. The second kappa shape index (κ2) is 2.15. The first-order valence-electron chi connectivity index (χ1n) is 3.00. The lowest BCUT2D eigenvalue weighted by molar-refractivity contribution is 0.420. The van der Waals surface area contributed by atoms with Crippen molar-refractivity contribution >= 4 is 0 Å². The highest BCUT2D eigenvalue weighted by molar-refractivity contribution is 5.49. The van der Waals surface area contributed by atoms with Crippen LogP contribution in [0.25, 0.3) is 11.4 Å². The molecule has 56 valence electrons. The van der Waals surface area contributed by atoms with Crippen LogP contribution in [0.2, 0.25) is 0 Å². The van der Waals surface area contributed by atoms with Gasteiger partial charge >= 0.3 is 0 Å². The zero-order valence-electron chi connectivity index (χ0n) is 5.80. The third kappa shape index (κ3) is 0.977. The maximum absolute atomic E-state index is 4.61. The number of aromatic nitrogens is 5. The average Bonchev–Trinajstić information content (AvgIpc) is 2.55. The summed E-state index contributed by atoms with van der Waals surface area (Å²) in [5.41, 5.74) is 0.734. The molecule has 0 unspecified atom stereocenters. The van der Waals surface area contributed by atoms with Crippen LogP contribution in [0.5, 0.6) is 0 Å². The van der Waals surface area contributed by atoms with E-state index in [1.807, 2.05) is 0 Å². The highest BCUT2D eigenvalue weighted by Gasteiger charge is 2.04. The molecule has 0 radical (unpaired) electrons. The van der Waals surface area contributed by atoms with Gasteiger partial charge in [-0.1, -0.05) is 5.16 Å². The molecule has 0 fully saturated rings. The van der Waals surface area contributed by atoms with Gasteiger partial charge < -0.3 is 4.52 Å². The monoisotopic (exact) mass is 151 g/mol.